The molecule has 0 bridgehead atoms. The zero-order valence-electron chi connectivity index (χ0n) is 16.9. The molecule has 1 atom stereocenters. The molecule has 1 aliphatic heterocycles. The number of likely N-dealkylation sites (N-methyl/N-ethyl adjacent to an activating group) is 1. The van der Waals surface area contributed by atoms with E-state index in [0.717, 1.165) is 13.1 Å². The molecule has 8 heteroatoms. The van der Waals surface area contributed by atoms with Crippen LogP contribution in [0.15, 0.2) is 23.1 Å². The van der Waals surface area contributed by atoms with Crippen molar-refractivity contribution in [1.29, 1.82) is 0 Å². The highest BCUT2D eigenvalue weighted by molar-refractivity contribution is 7.89. The number of benzene rings is 1. The Morgan fingerprint density at radius 3 is 2.37 bits per heavy atom. The maximum absolute atomic E-state index is 13.0. The molecule has 0 aromatic heterocycles. The van der Waals surface area contributed by atoms with E-state index in [2.05, 4.69) is 9.62 Å². The Kier molecular flexibility index (Phi) is 7.25. The lowest BCUT2D eigenvalue weighted by atomic mass is 10.0. The molecule has 1 aliphatic rings. The molecule has 27 heavy (non-hydrogen) atoms. The number of nitrogens with zero attached hydrogens (tertiary/aromatic N) is 2. The van der Waals surface area contributed by atoms with Gasteiger partial charge in [0.25, 0.3) is 0 Å². The quantitative estimate of drug-likeness (QED) is 0.754. The van der Waals surface area contributed by atoms with Gasteiger partial charge in [-0.3, -0.25) is 4.79 Å². The number of carbonyl (C=O) groups excluding carboxylic acids is 1. The van der Waals surface area contributed by atoms with Gasteiger partial charge in [0.05, 0.1) is 12.0 Å². The fourth-order valence-electron chi connectivity index (χ4n) is 3.22. The monoisotopic (exact) mass is 397 g/mol. The summed E-state index contributed by atoms with van der Waals surface area (Å²) in [4.78, 5) is 17.1. The Labute approximate surface area is 162 Å². The molecule has 0 spiro atoms. The molecule has 1 aromatic carbocycles. The fraction of sp³-hybridized carbons (Fsp3) is 0.632. The second-order valence-electron chi connectivity index (χ2n) is 7.56. The van der Waals surface area contributed by atoms with Crippen LogP contribution in [0.5, 0.6) is 5.75 Å². The SMILES string of the molecule is COc1ccc(S(=O)(=O)N[C@H](CC(C)C)C(=O)N2CCN(C)CC2)c(C)c1. The van der Waals surface area contributed by atoms with Crippen molar-refractivity contribution in [1.82, 2.24) is 14.5 Å². The number of ether oxygens (including phenoxy) is 1. The zero-order chi connectivity index (χ0) is 20.2. The second-order valence-corrected chi connectivity index (χ2v) is 9.25. The molecule has 1 aromatic rings. The predicted molar refractivity (Wildman–Crippen MR) is 105 cm³/mol. The van der Waals surface area contributed by atoms with Gasteiger partial charge in [0.2, 0.25) is 15.9 Å². The average Bonchev–Trinajstić information content (AvgIpc) is 2.60. The van der Waals surface area contributed by atoms with Crippen LogP contribution >= 0.6 is 0 Å². The maximum atomic E-state index is 13.0. The molecule has 0 unspecified atom stereocenters. The van der Waals surface area contributed by atoms with Crippen LogP contribution < -0.4 is 9.46 Å². The number of methoxy groups -OCH3 is 1. The summed E-state index contributed by atoms with van der Waals surface area (Å²) in [6.07, 6.45) is 0.458. The van der Waals surface area contributed by atoms with Crippen molar-refractivity contribution >= 4 is 15.9 Å². The van der Waals surface area contributed by atoms with Crippen molar-refractivity contribution in [3.05, 3.63) is 23.8 Å². The summed E-state index contributed by atoms with van der Waals surface area (Å²) in [5.74, 6) is 0.635. The zero-order valence-corrected chi connectivity index (χ0v) is 17.7. The topological polar surface area (TPSA) is 78.9 Å². The van der Waals surface area contributed by atoms with Crippen molar-refractivity contribution < 1.29 is 17.9 Å². The third-order valence-corrected chi connectivity index (χ3v) is 6.42. The van der Waals surface area contributed by atoms with Crippen LogP contribution in [0, 0.1) is 12.8 Å². The van der Waals surface area contributed by atoms with E-state index in [-0.39, 0.29) is 16.7 Å². The van der Waals surface area contributed by atoms with E-state index in [0.29, 0.717) is 30.8 Å². The summed E-state index contributed by atoms with van der Waals surface area (Å²) >= 11 is 0. The lowest BCUT2D eigenvalue weighted by molar-refractivity contribution is -0.135. The minimum absolute atomic E-state index is 0.147. The number of aryl methyl sites for hydroxylation is 1. The molecule has 7 nitrogen and oxygen atoms in total. The number of carbonyl (C=O) groups is 1. The molecular formula is C19H31N3O4S. The number of piperazine rings is 1. The van der Waals surface area contributed by atoms with Gasteiger partial charge in [-0.1, -0.05) is 13.8 Å². The van der Waals surface area contributed by atoms with Gasteiger partial charge in [-0.25, -0.2) is 8.42 Å². The van der Waals surface area contributed by atoms with Gasteiger partial charge >= 0.3 is 0 Å². The van der Waals surface area contributed by atoms with Gasteiger partial charge in [-0.05, 0) is 50.1 Å². The van der Waals surface area contributed by atoms with E-state index in [1.54, 1.807) is 24.0 Å². The van der Waals surface area contributed by atoms with Crippen LogP contribution in [-0.4, -0.2) is 70.5 Å². The minimum Gasteiger partial charge on any atom is -0.497 e. The van der Waals surface area contributed by atoms with Crippen molar-refractivity contribution in [3.63, 3.8) is 0 Å². The Balaban J connectivity index is 2.22. The molecule has 1 amide bonds. The van der Waals surface area contributed by atoms with Crippen LogP contribution in [0.1, 0.15) is 25.8 Å². The van der Waals surface area contributed by atoms with Crippen LogP contribution in [0.4, 0.5) is 0 Å². The summed E-state index contributed by atoms with van der Waals surface area (Å²) < 4.78 is 33.7. The highest BCUT2D eigenvalue weighted by Gasteiger charge is 2.31. The van der Waals surface area contributed by atoms with E-state index in [1.165, 1.54) is 13.2 Å². The van der Waals surface area contributed by atoms with E-state index < -0.39 is 16.1 Å². The first-order valence-electron chi connectivity index (χ1n) is 9.28. The number of nitrogens with one attached hydrogen (secondary N) is 1. The lowest BCUT2D eigenvalue weighted by Gasteiger charge is -2.35. The highest BCUT2D eigenvalue weighted by atomic mass is 32.2. The van der Waals surface area contributed by atoms with Crippen LogP contribution in [0.2, 0.25) is 0 Å². The van der Waals surface area contributed by atoms with Crippen molar-refractivity contribution in [3.8, 4) is 5.75 Å². The molecule has 0 aliphatic carbocycles. The number of sulfonamides is 1. The molecular weight excluding hydrogens is 366 g/mol. The molecule has 0 saturated carbocycles. The van der Waals surface area contributed by atoms with Gasteiger partial charge in [0, 0.05) is 26.2 Å². The van der Waals surface area contributed by atoms with E-state index in [1.807, 2.05) is 20.9 Å². The van der Waals surface area contributed by atoms with Gasteiger partial charge in [0.15, 0.2) is 0 Å². The number of rotatable bonds is 7. The largest absolute Gasteiger partial charge is 0.497 e. The molecule has 152 valence electrons. The van der Waals surface area contributed by atoms with E-state index >= 15 is 0 Å². The smallest absolute Gasteiger partial charge is 0.241 e. The third-order valence-electron chi connectivity index (χ3n) is 4.79. The molecule has 1 saturated heterocycles. The van der Waals surface area contributed by atoms with Crippen molar-refractivity contribution in [2.45, 2.75) is 38.1 Å². The summed E-state index contributed by atoms with van der Waals surface area (Å²) in [6, 6.07) is 4.04. The van der Waals surface area contributed by atoms with Crippen molar-refractivity contribution in [2.75, 3.05) is 40.3 Å². The number of hydrogen-bond acceptors (Lipinski definition) is 5. The van der Waals surface area contributed by atoms with Crippen LogP contribution in [0.3, 0.4) is 0 Å². The Hall–Kier alpha value is -1.64. The lowest BCUT2D eigenvalue weighted by Crippen LogP contribution is -2.54. The van der Waals surface area contributed by atoms with E-state index in [9.17, 15) is 13.2 Å². The minimum atomic E-state index is -3.82. The standard InChI is InChI=1S/C19H31N3O4S/c1-14(2)12-17(19(23)22-10-8-21(4)9-11-22)20-27(24,25)18-7-6-16(26-5)13-15(18)3/h6-7,13-14,17,20H,8-12H2,1-5H3/t17-/m1/s1. The fourth-order valence-corrected chi connectivity index (χ4v) is 4.65. The average molecular weight is 398 g/mol. The highest BCUT2D eigenvalue weighted by Crippen LogP contribution is 2.22. The first-order chi connectivity index (χ1) is 12.6. The number of hydrogen-bond donors (Lipinski definition) is 1. The summed E-state index contributed by atoms with van der Waals surface area (Å²) in [5, 5.41) is 0. The van der Waals surface area contributed by atoms with E-state index in [4.69, 9.17) is 4.74 Å². The van der Waals surface area contributed by atoms with Gasteiger partial charge in [0.1, 0.15) is 11.8 Å². The normalized spacial score (nSPS) is 17.2. The Morgan fingerprint density at radius 2 is 1.85 bits per heavy atom. The molecule has 0 radical (unpaired) electrons. The van der Waals surface area contributed by atoms with Crippen LogP contribution in [-0.2, 0) is 14.8 Å². The maximum Gasteiger partial charge on any atom is 0.241 e. The van der Waals surface area contributed by atoms with Crippen molar-refractivity contribution in [2.24, 2.45) is 5.92 Å². The van der Waals surface area contributed by atoms with Gasteiger partial charge in [-0.2, -0.15) is 4.72 Å². The predicted octanol–water partition coefficient (Wildman–Crippen LogP) is 1.47. The second kappa shape index (κ2) is 9.03. The molecule has 1 N–H and O–H groups in total. The first kappa shape index (κ1) is 21.7. The first-order valence-corrected chi connectivity index (χ1v) is 10.8. The third kappa shape index (κ3) is 5.67. The Bertz CT molecular complexity index is 756. The Morgan fingerprint density at radius 1 is 1.22 bits per heavy atom. The molecule has 1 heterocycles. The van der Waals surface area contributed by atoms with Gasteiger partial charge in [-0.15, -0.1) is 0 Å². The van der Waals surface area contributed by atoms with Gasteiger partial charge < -0.3 is 14.5 Å². The number of amides is 1. The molecule has 2 rings (SSSR count). The van der Waals surface area contributed by atoms with Crippen LogP contribution in [0.25, 0.3) is 0 Å². The summed E-state index contributed by atoms with van der Waals surface area (Å²) in [6.45, 7) is 8.51. The summed E-state index contributed by atoms with van der Waals surface area (Å²) in [7, 11) is -0.266. The summed E-state index contributed by atoms with van der Waals surface area (Å²) in [5.41, 5.74) is 0.581. The molecule has 1 fully saturated rings.